The van der Waals surface area contributed by atoms with E-state index in [1.807, 2.05) is 24.3 Å². The summed E-state index contributed by atoms with van der Waals surface area (Å²) < 4.78 is 0. The molecule has 0 N–H and O–H groups in total. The van der Waals surface area contributed by atoms with E-state index < -0.39 is 0 Å². The molecule has 0 unspecified atom stereocenters. The zero-order valence-electron chi connectivity index (χ0n) is 12.5. The van der Waals surface area contributed by atoms with E-state index >= 15 is 0 Å². The van der Waals surface area contributed by atoms with Gasteiger partial charge in [0.1, 0.15) is 0 Å². The molecule has 0 spiro atoms. The molecule has 4 aromatic carbocycles. The van der Waals surface area contributed by atoms with E-state index in [1.165, 1.54) is 27.5 Å². The maximum absolute atomic E-state index is 6.17. The normalized spacial score (nSPS) is 10.8. The molecule has 1 heteroatoms. The topological polar surface area (TPSA) is 0 Å². The van der Waals surface area contributed by atoms with Gasteiger partial charge in [-0.1, -0.05) is 90.5 Å². The predicted molar refractivity (Wildman–Crippen MR) is 99.8 cm³/mol. The first kappa shape index (κ1) is 14.0. The van der Waals surface area contributed by atoms with Gasteiger partial charge in [0.15, 0.2) is 0 Å². The van der Waals surface area contributed by atoms with E-state index in [0.717, 1.165) is 10.6 Å². The highest BCUT2D eigenvalue weighted by Gasteiger charge is 2.08. The third-order valence-electron chi connectivity index (χ3n) is 4.14. The van der Waals surface area contributed by atoms with Crippen LogP contribution < -0.4 is 0 Å². The van der Waals surface area contributed by atoms with Crippen LogP contribution in [0, 0.1) is 0 Å². The van der Waals surface area contributed by atoms with E-state index in [9.17, 15) is 0 Å². The SMILES string of the molecule is Clc1cccc(-c2cccc3c(-c4ccccc4)cccc23)c1. The van der Waals surface area contributed by atoms with Gasteiger partial charge in [-0.05, 0) is 45.2 Å². The zero-order chi connectivity index (χ0) is 15.6. The van der Waals surface area contributed by atoms with Crippen LogP contribution in [0.1, 0.15) is 0 Å². The third kappa shape index (κ3) is 2.62. The molecule has 0 saturated heterocycles. The minimum absolute atomic E-state index is 0.763. The van der Waals surface area contributed by atoms with E-state index in [2.05, 4.69) is 66.7 Å². The van der Waals surface area contributed by atoms with Crippen molar-refractivity contribution < 1.29 is 0 Å². The summed E-state index contributed by atoms with van der Waals surface area (Å²) in [4.78, 5) is 0. The van der Waals surface area contributed by atoms with Gasteiger partial charge in [0.05, 0.1) is 0 Å². The molecule has 0 atom stereocenters. The monoisotopic (exact) mass is 314 g/mol. The van der Waals surface area contributed by atoms with Crippen LogP contribution in [-0.2, 0) is 0 Å². The van der Waals surface area contributed by atoms with Crippen molar-refractivity contribution in [2.45, 2.75) is 0 Å². The molecular formula is C22H15Cl. The number of halogens is 1. The Morgan fingerprint density at radius 1 is 0.478 bits per heavy atom. The van der Waals surface area contributed by atoms with Crippen LogP contribution in [-0.4, -0.2) is 0 Å². The average molecular weight is 315 g/mol. The summed E-state index contributed by atoms with van der Waals surface area (Å²) in [6.45, 7) is 0. The lowest BCUT2D eigenvalue weighted by atomic mass is 9.93. The van der Waals surface area contributed by atoms with Crippen molar-refractivity contribution in [3.8, 4) is 22.3 Å². The van der Waals surface area contributed by atoms with Crippen molar-refractivity contribution in [1.82, 2.24) is 0 Å². The second kappa shape index (κ2) is 5.91. The Hall–Kier alpha value is -2.57. The predicted octanol–water partition coefficient (Wildman–Crippen LogP) is 6.83. The van der Waals surface area contributed by atoms with Crippen molar-refractivity contribution >= 4 is 22.4 Å². The second-order valence-corrected chi connectivity index (χ2v) is 6.02. The highest BCUT2D eigenvalue weighted by Crippen LogP contribution is 2.35. The Balaban J connectivity index is 1.99. The first-order chi connectivity index (χ1) is 11.3. The zero-order valence-corrected chi connectivity index (χ0v) is 13.3. The first-order valence-electron chi connectivity index (χ1n) is 7.66. The largest absolute Gasteiger partial charge is 0.0843 e. The van der Waals surface area contributed by atoms with Gasteiger partial charge in [-0.3, -0.25) is 0 Å². The Morgan fingerprint density at radius 3 is 1.70 bits per heavy atom. The fraction of sp³-hybridized carbons (Fsp3) is 0. The van der Waals surface area contributed by atoms with Gasteiger partial charge in [0.25, 0.3) is 0 Å². The lowest BCUT2D eigenvalue weighted by molar-refractivity contribution is 1.63. The molecule has 0 aliphatic rings. The molecule has 4 aromatic rings. The summed E-state index contributed by atoms with van der Waals surface area (Å²) in [5.41, 5.74) is 4.85. The average Bonchev–Trinajstić information content (AvgIpc) is 2.61. The summed E-state index contributed by atoms with van der Waals surface area (Å²) in [7, 11) is 0. The molecule has 0 aliphatic carbocycles. The van der Waals surface area contributed by atoms with Gasteiger partial charge in [-0.25, -0.2) is 0 Å². The Morgan fingerprint density at radius 2 is 1.04 bits per heavy atom. The molecular weight excluding hydrogens is 300 g/mol. The van der Waals surface area contributed by atoms with Crippen LogP contribution in [0.5, 0.6) is 0 Å². The summed E-state index contributed by atoms with van der Waals surface area (Å²) in [5, 5.41) is 3.27. The Bertz CT molecular complexity index is 971. The van der Waals surface area contributed by atoms with Crippen molar-refractivity contribution in [3.05, 3.63) is 96.0 Å². The number of rotatable bonds is 2. The lowest BCUT2D eigenvalue weighted by Gasteiger charge is -2.11. The number of hydrogen-bond acceptors (Lipinski definition) is 0. The first-order valence-corrected chi connectivity index (χ1v) is 8.04. The molecule has 0 saturated carbocycles. The van der Waals surface area contributed by atoms with E-state index in [0.29, 0.717) is 0 Å². The van der Waals surface area contributed by atoms with Gasteiger partial charge in [-0.2, -0.15) is 0 Å². The molecule has 0 amide bonds. The molecule has 0 bridgehead atoms. The van der Waals surface area contributed by atoms with Crippen LogP contribution >= 0.6 is 11.6 Å². The molecule has 0 heterocycles. The maximum atomic E-state index is 6.17. The van der Waals surface area contributed by atoms with Crippen LogP contribution in [0.3, 0.4) is 0 Å². The van der Waals surface area contributed by atoms with Crippen molar-refractivity contribution in [1.29, 1.82) is 0 Å². The summed E-state index contributed by atoms with van der Waals surface area (Å²) >= 11 is 6.17. The third-order valence-corrected chi connectivity index (χ3v) is 4.38. The van der Waals surface area contributed by atoms with Crippen molar-refractivity contribution in [3.63, 3.8) is 0 Å². The minimum Gasteiger partial charge on any atom is -0.0843 e. The fourth-order valence-electron chi connectivity index (χ4n) is 3.09. The highest BCUT2D eigenvalue weighted by atomic mass is 35.5. The van der Waals surface area contributed by atoms with Crippen LogP contribution in [0.15, 0.2) is 91.0 Å². The maximum Gasteiger partial charge on any atom is 0.0412 e. The summed E-state index contributed by atoms with van der Waals surface area (Å²) in [6, 6.07) is 31.5. The fourth-order valence-corrected chi connectivity index (χ4v) is 3.28. The van der Waals surface area contributed by atoms with Crippen molar-refractivity contribution in [2.75, 3.05) is 0 Å². The van der Waals surface area contributed by atoms with Gasteiger partial charge < -0.3 is 0 Å². The van der Waals surface area contributed by atoms with Gasteiger partial charge >= 0.3 is 0 Å². The highest BCUT2D eigenvalue weighted by molar-refractivity contribution is 6.31. The number of fused-ring (bicyclic) bond motifs is 1. The molecule has 0 radical (unpaired) electrons. The Kier molecular flexibility index (Phi) is 3.61. The van der Waals surface area contributed by atoms with E-state index in [4.69, 9.17) is 11.6 Å². The smallest absolute Gasteiger partial charge is 0.0412 e. The van der Waals surface area contributed by atoms with Crippen LogP contribution in [0.25, 0.3) is 33.0 Å². The molecule has 0 fully saturated rings. The molecule has 4 rings (SSSR count). The van der Waals surface area contributed by atoms with E-state index in [-0.39, 0.29) is 0 Å². The molecule has 23 heavy (non-hydrogen) atoms. The number of hydrogen-bond donors (Lipinski definition) is 0. The van der Waals surface area contributed by atoms with Crippen molar-refractivity contribution in [2.24, 2.45) is 0 Å². The summed E-state index contributed by atoms with van der Waals surface area (Å²) in [6.07, 6.45) is 0. The molecule has 0 aliphatic heterocycles. The number of benzene rings is 4. The van der Waals surface area contributed by atoms with Crippen LogP contribution in [0.4, 0.5) is 0 Å². The van der Waals surface area contributed by atoms with Gasteiger partial charge in [-0.15, -0.1) is 0 Å². The van der Waals surface area contributed by atoms with Gasteiger partial charge in [0.2, 0.25) is 0 Å². The Labute approximate surface area is 141 Å². The quantitative estimate of drug-likeness (QED) is 0.380. The van der Waals surface area contributed by atoms with Crippen LogP contribution in [0.2, 0.25) is 5.02 Å². The molecule has 0 nitrogen and oxygen atoms in total. The van der Waals surface area contributed by atoms with Gasteiger partial charge in [0, 0.05) is 5.02 Å². The molecule has 0 aromatic heterocycles. The standard InChI is InChI=1S/C22H15Cl/c23-18-10-4-9-17(15-18)20-12-6-13-21-19(11-5-14-22(20)21)16-7-2-1-3-8-16/h1-15H. The van der Waals surface area contributed by atoms with E-state index in [1.54, 1.807) is 0 Å². The second-order valence-electron chi connectivity index (χ2n) is 5.58. The minimum atomic E-state index is 0.763. The molecule has 110 valence electrons. The summed E-state index contributed by atoms with van der Waals surface area (Å²) in [5.74, 6) is 0. The lowest BCUT2D eigenvalue weighted by Crippen LogP contribution is -1.85.